The largest absolute Gasteiger partial charge is 0.496 e. The van der Waals surface area contributed by atoms with Gasteiger partial charge in [-0.15, -0.1) is 6.58 Å². The van der Waals surface area contributed by atoms with E-state index in [0.29, 0.717) is 0 Å². The minimum atomic E-state index is 0.269. The Hall–Kier alpha value is -0.800. The van der Waals surface area contributed by atoms with Gasteiger partial charge in [0, 0.05) is 16.1 Å². The van der Waals surface area contributed by atoms with Crippen molar-refractivity contribution in [1.82, 2.24) is 5.32 Å². The summed E-state index contributed by atoms with van der Waals surface area (Å²) < 4.78 is 6.50. The van der Waals surface area contributed by atoms with Crippen LogP contribution in [0.5, 0.6) is 5.75 Å². The summed E-state index contributed by atoms with van der Waals surface area (Å²) in [6.07, 6.45) is 2.05. The molecule has 1 unspecified atom stereocenters. The Morgan fingerprint density at radius 3 is 2.78 bits per heavy atom. The number of nitrogens with one attached hydrogen (secondary N) is 1. The zero-order chi connectivity index (χ0) is 13.5. The van der Waals surface area contributed by atoms with Crippen molar-refractivity contribution >= 4 is 15.9 Å². The summed E-state index contributed by atoms with van der Waals surface area (Å²) in [5.41, 5.74) is 2.37. The van der Waals surface area contributed by atoms with Gasteiger partial charge < -0.3 is 10.1 Å². The van der Waals surface area contributed by atoms with Crippen LogP contribution >= 0.6 is 15.9 Å². The molecule has 0 bridgehead atoms. The fourth-order valence-electron chi connectivity index (χ4n) is 1.93. The van der Waals surface area contributed by atoms with E-state index < -0.39 is 0 Å². The van der Waals surface area contributed by atoms with Crippen LogP contribution < -0.4 is 10.1 Å². The second-order valence-corrected chi connectivity index (χ2v) is 5.47. The number of rotatable bonds is 7. The predicted molar refractivity (Wildman–Crippen MR) is 81.2 cm³/mol. The Morgan fingerprint density at radius 1 is 1.50 bits per heavy atom. The molecule has 100 valence electrons. The number of halogens is 1. The van der Waals surface area contributed by atoms with Crippen molar-refractivity contribution in [1.29, 1.82) is 0 Å². The number of hydrogen-bond donors (Lipinski definition) is 1. The average molecular weight is 312 g/mol. The van der Waals surface area contributed by atoms with E-state index in [0.717, 1.165) is 29.6 Å². The van der Waals surface area contributed by atoms with Gasteiger partial charge in [0.15, 0.2) is 0 Å². The van der Waals surface area contributed by atoms with Gasteiger partial charge in [-0.3, -0.25) is 0 Å². The lowest BCUT2D eigenvalue weighted by atomic mass is 9.99. The van der Waals surface area contributed by atoms with Crippen LogP contribution in [0.15, 0.2) is 34.8 Å². The summed E-state index contributed by atoms with van der Waals surface area (Å²) in [6, 6.07) is 6.44. The summed E-state index contributed by atoms with van der Waals surface area (Å²) in [5.74, 6) is 0.916. The van der Waals surface area contributed by atoms with Crippen molar-refractivity contribution in [3.05, 3.63) is 40.4 Å². The summed E-state index contributed by atoms with van der Waals surface area (Å²) in [4.78, 5) is 0. The van der Waals surface area contributed by atoms with E-state index >= 15 is 0 Å². The molecular weight excluding hydrogens is 290 g/mol. The minimum Gasteiger partial charge on any atom is -0.496 e. The molecule has 0 aliphatic carbocycles. The molecule has 1 aromatic carbocycles. The molecule has 2 nitrogen and oxygen atoms in total. The average Bonchev–Trinajstić information content (AvgIpc) is 2.34. The predicted octanol–water partition coefficient (Wildman–Crippen LogP) is 4.46. The molecule has 1 atom stereocenters. The summed E-state index contributed by atoms with van der Waals surface area (Å²) in [7, 11) is 1.71. The Balaban J connectivity index is 2.98. The van der Waals surface area contributed by atoms with Crippen molar-refractivity contribution in [2.24, 2.45) is 0 Å². The Kier molecular flexibility index (Phi) is 6.44. The van der Waals surface area contributed by atoms with E-state index in [-0.39, 0.29) is 6.04 Å². The second-order valence-electron chi connectivity index (χ2n) is 4.55. The molecule has 0 saturated heterocycles. The molecule has 0 fully saturated rings. The van der Waals surface area contributed by atoms with Crippen molar-refractivity contribution < 1.29 is 4.74 Å². The quantitative estimate of drug-likeness (QED) is 0.750. The van der Waals surface area contributed by atoms with Gasteiger partial charge in [0.2, 0.25) is 0 Å². The van der Waals surface area contributed by atoms with Crippen LogP contribution in [0.4, 0.5) is 0 Å². The lowest BCUT2D eigenvalue weighted by Crippen LogP contribution is -2.22. The molecule has 0 radical (unpaired) electrons. The van der Waals surface area contributed by atoms with Gasteiger partial charge >= 0.3 is 0 Å². The molecule has 3 heteroatoms. The van der Waals surface area contributed by atoms with E-state index in [4.69, 9.17) is 4.74 Å². The van der Waals surface area contributed by atoms with Gasteiger partial charge in [-0.05, 0) is 38.4 Å². The van der Waals surface area contributed by atoms with Gasteiger partial charge in [-0.2, -0.15) is 0 Å². The van der Waals surface area contributed by atoms with Gasteiger partial charge in [-0.25, -0.2) is 0 Å². The fourth-order valence-corrected chi connectivity index (χ4v) is 2.27. The Bertz CT molecular complexity index is 403. The maximum atomic E-state index is 5.47. The maximum Gasteiger partial charge on any atom is 0.124 e. The van der Waals surface area contributed by atoms with Gasteiger partial charge in [-0.1, -0.05) is 34.5 Å². The first-order chi connectivity index (χ1) is 8.58. The van der Waals surface area contributed by atoms with Crippen LogP contribution in [-0.4, -0.2) is 13.7 Å². The van der Waals surface area contributed by atoms with E-state index in [9.17, 15) is 0 Å². The minimum absolute atomic E-state index is 0.269. The number of ether oxygens (including phenoxy) is 1. The molecule has 0 aliphatic heterocycles. The third-order valence-corrected chi connectivity index (χ3v) is 3.26. The van der Waals surface area contributed by atoms with Crippen LogP contribution in [0.2, 0.25) is 0 Å². The molecule has 1 N–H and O–H groups in total. The lowest BCUT2D eigenvalue weighted by molar-refractivity contribution is 0.397. The van der Waals surface area contributed by atoms with Crippen molar-refractivity contribution in [2.75, 3.05) is 13.7 Å². The molecule has 0 saturated carbocycles. The van der Waals surface area contributed by atoms with Crippen LogP contribution in [0.1, 0.15) is 38.3 Å². The zero-order valence-electron chi connectivity index (χ0n) is 11.4. The first-order valence-electron chi connectivity index (χ1n) is 6.29. The first kappa shape index (κ1) is 15.3. The zero-order valence-corrected chi connectivity index (χ0v) is 13.0. The summed E-state index contributed by atoms with van der Waals surface area (Å²) in [6.45, 7) is 9.24. The molecule has 0 spiro atoms. The summed E-state index contributed by atoms with van der Waals surface area (Å²) in [5, 5.41) is 3.56. The molecule has 0 heterocycles. The number of hydrogen-bond acceptors (Lipinski definition) is 2. The standard InChI is InChI=1S/C15H22BrNO/c1-5-8-17-14(9-11(2)3)13-7-6-12(16)10-15(13)18-4/h6-7,10,14,17H,2,5,8-9H2,1,3-4H3. The highest BCUT2D eigenvalue weighted by atomic mass is 79.9. The molecule has 0 amide bonds. The molecule has 18 heavy (non-hydrogen) atoms. The lowest BCUT2D eigenvalue weighted by Gasteiger charge is -2.21. The van der Waals surface area contributed by atoms with Gasteiger partial charge in [0.05, 0.1) is 7.11 Å². The van der Waals surface area contributed by atoms with Crippen LogP contribution in [-0.2, 0) is 0 Å². The smallest absolute Gasteiger partial charge is 0.124 e. The topological polar surface area (TPSA) is 21.3 Å². The third kappa shape index (κ3) is 4.46. The highest BCUT2D eigenvalue weighted by molar-refractivity contribution is 9.10. The molecule has 0 aliphatic rings. The van der Waals surface area contributed by atoms with Gasteiger partial charge in [0.25, 0.3) is 0 Å². The summed E-state index contributed by atoms with van der Waals surface area (Å²) >= 11 is 3.47. The highest BCUT2D eigenvalue weighted by Gasteiger charge is 2.15. The normalized spacial score (nSPS) is 12.2. The molecule has 0 aromatic heterocycles. The molecule has 1 aromatic rings. The first-order valence-corrected chi connectivity index (χ1v) is 7.09. The van der Waals surface area contributed by atoms with E-state index in [1.807, 2.05) is 6.07 Å². The Morgan fingerprint density at radius 2 is 2.22 bits per heavy atom. The van der Waals surface area contributed by atoms with E-state index in [1.54, 1.807) is 7.11 Å². The maximum absolute atomic E-state index is 5.47. The van der Waals surface area contributed by atoms with Crippen molar-refractivity contribution in [2.45, 2.75) is 32.7 Å². The fraction of sp³-hybridized carbons (Fsp3) is 0.467. The van der Waals surface area contributed by atoms with Crippen LogP contribution in [0.25, 0.3) is 0 Å². The number of methoxy groups -OCH3 is 1. The van der Waals surface area contributed by atoms with E-state index in [2.05, 4.69) is 53.8 Å². The highest BCUT2D eigenvalue weighted by Crippen LogP contribution is 2.31. The van der Waals surface area contributed by atoms with Crippen LogP contribution in [0.3, 0.4) is 0 Å². The van der Waals surface area contributed by atoms with Crippen molar-refractivity contribution in [3.63, 3.8) is 0 Å². The number of benzene rings is 1. The molecule has 1 rings (SSSR count). The Labute approximate surface area is 119 Å². The second kappa shape index (κ2) is 7.59. The molecular formula is C15H22BrNO. The SMILES string of the molecule is C=C(C)CC(NCCC)c1ccc(Br)cc1OC. The van der Waals surface area contributed by atoms with Crippen LogP contribution in [0, 0.1) is 0 Å². The third-order valence-electron chi connectivity index (χ3n) is 2.76. The van der Waals surface area contributed by atoms with Crippen molar-refractivity contribution in [3.8, 4) is 5.75 Å². The van der Waals surface area contributed by atoms with Gasteiger partial charge in [0.1, 0.15) is 5.75 Å². The monoisotopic (exact) mass is 311 g/mol. The van der Waals surface area contributed by atoms with E-state index in [1.165, 1.54) is 11.1 Å².